The van der Waals surface area contributed by atoms with Crippen LogP contribution in [0.1, 0.15) is 23.2 Å². The van der Waals surface area contributed by atoms with E-state index < -0.39 is 18.4 Å². The van der Waals surface area contributed by atoms with Crippen molar-refractivity contribution in [2.45, 2.75) is 18.4 Å². The molecule has 162 valence electrons. The Morgan fingerprint density at radius 1 is 1.29 bits per heavy atom. The minimum Gasteiger partial charge on any atom is -0.447 e. The summed E-state index contributed by atoms with van der Waals surface area (Å²) in [5, 5.41) is 25.2. The van der Waals surface area contributed by atoms with E-state index >= 15 is 0 Å². The largest absolute Gasteiger partial charge is 0.447 e. The number of carbonyl (C=O) groups is 1. The van der Waals surface area contributed by atoms with Gasteiger partial charge in [-0.25, -0.2) is 4.98 Å². The van der Waals surface area contributed by atoms with E-state index in [1.165, 1.54) is 0 Å². The number of nitrogens with zero attached hydrogens (tertiary/aromatic N) is 6. The van der Waals surface area contributed by atoms with Gasteiger partial charge in [-0.05, 0) is 19.2 Å². The van der Waals surface area contributed by atoms with E-state index in [1.54, 1.807) is 35.9 Å². The Morgan fingerprint density at radius 2 is 2.16 bits per heavy atom. The predicted molar refractivity (Wildman–Crippen MR) is 109 cm³/mol. The summed E-state index contributed by atoms with van der Waals surface area (Å²) in [6.07, 6.45) is 4.68. The molecule has 0 saturated carbocycles. The first kappa shape index (κ1) is 19.6. The highest BCUT2D eigenvalue weighted by Gasteiger charge is 2.38. The van der Waals surface area contributed by atoms with Crippen molar-refractivity contribution in [3.8, 4) is 6.01 Å². The molecule has 5 heterocycles. The quantitative estimate of drug-likeness (QED) is 0.431. The number of aliphatic hydroxyl groups is 1. The molecule has 0 spiro atoms. The van der Waals surface area contributed by atoms with Gasteiger partial charge in [0.25, 0.3) is 5.91 Å². The SMILES string of the molecule is CN1CCO[C@H]2CNC(=O)[C@H]2Oc2ncc3[nH]nc(c3n2)/C=C/c2cn(C)nc2C1O. The third kappa shape index (κ3) is 3.65. The highest BCUT2D eigenvalue weighted by Crippen LogP contribution is 2.24. The molecular formula is C19H22N8O4. The molecule has 12 heteroatoms. The summed E-state index contributed by atoms with van der Waals surface area (Å²) < 4.78 is 13.3. The number of aromatic nitrogens is 6. The van der Waals surface area contributed by atoms with Gasteiger partial charge in [0.2, 0.25) is 6.10 Å². The van der Waals surface area contributed by atoms with Crippen molar-refractivity contribution >= 4 is 29.1 Å². The van der Waals surface area contributed by atoms with Crippen molar-refractivity contribution in [2.75, 3.05) is 26.7 Å². The molecular weight excluding hydrogens is 404 g/mol. The van der Waals surface area contributed by atoms with Crippen LogP contribution in [0.15, 0.2) is 12.4 Å². The average Bonchev–Trinajstić information content (AvgIpc) is 3.43. The first-order valence-electron chi connectivity index (χ1n) is 9.86. The van der Waals surface area contributed by atoms with E-state index in [9.17, 15) is 9.90 Å². The summed E-state index contributed by atoms with van der Waals surface area (Å²) in [4.78, 5) is 22.6. The summed E-state index contributed by atoms with van der Waals surface area (Å²) >= 11 is 0. The van der Waals surface area contributed by atoms with Gasteiger partial charge in [0.15, 0.2) is 6.23 Å². The van der Waals surface area contributed by atoms with Crippen molar-refractivity contribution in [1.29, 1.82) is 0 Å². The Balaban J connectivity index is 1.57. The van der Waals surface area contributed by atoms with Crippen LogP contribution >= 0.6 is 0 Å². The third-order valence-electron chi connectivity index (χ3n) is 5.36. The molecule has 12 nitrogen and oxygen atoms in total. The predicted octanol–water partition coefficient (Wildman–Crippen LogP) is -0.544. The second-order valence-electron chi connectivity index (χ2n) is 7.55. The molecule has 3 aromatic rings. The maximum atomic E-state index is 12.3. The summed E-state index contributed by atoms with van der Waals surface area (Å²) in [6, 6.07) is 0.0703. The van der Waals surface area contributed by atoms with Crippen LogP contribution in [-0.4, -0.2) is 84.8 Å². The van der Waals surface area contributed by atoms with Gasteiger partial charge >= 0.3 is 6.01 Å². The average molecular weight is 426 g/mol. The second-order valence-corrected chi connectivity index (χ2v) is 7.55. The summed E-state index contributed by atoms with van der Waals surface area (Å²) in [7, 11) is 3.57. The van der Waals surface area contributed by atoms with Gasteiger partial charge in [-0.3, -0.25) is 19.5 Å². The lowest BCUT2D eigenvalue weighted by molar-refractivity contribution is -0.128. The van der Waals surface area contributed by atoms with Crippen LogP contribution in [0.5, 0.6) is 6.01 Å². The number of ether oxygens (including phenoxy) is 2. The second kappa shape index (κ2) is 7.72. The van der Waals surface area contributed by atoms with Gasteiger partial charge < -0.3 is 19.9 Å². The normalized spacial score (nSPS) is 25.8. The molecule has 1 fully saturated rings. The van der Waals surface area contributed by atoms with Crippen LogP contribution in [-0.2, 0) is 16.6 Å². The van der Waals surface area contributed by atoms with Crippen LogP contribution in [0.3, 0.4) is 0 Å². The lowest BCUT2D eigenvalue weighted by Crippen LogP contribution is -2.38. The van der Waals surface area contributed by atoms with E-state index in [0.29, 0.717) is 35.5 Å². The smallest absolute Gasteiger partial charge is 0.317 e. The fraction of sp³-hybridized carbons (Fsp3) is 0.421. The molecule has 3 atom stereocenters. The number of hydrogen-bond donors (Lipinski definition) is 3. The third-order valence-corrected chi connectivity index (χ3v) is 5.36. The van der Waals surface area contributed by atoms with Crippen molar-refractivity contribution in [1.82, 2.24) is 40.2 Å². The molecule has 1 unspecified atom stereocenters. The highest BCUT2D eigenvalue weighted by atomic mass is 16.6. The van der Waals surface area contributed by atoms with Gasteiger partial charge in [-0.2, -0.15) is 15.2 Å². The Hall–Kier alpha value is -3.35. The molecule has 3 aromatic heterocycles. The number of aromatic amines is 1. The molecule has 0 aliphatic carbocycles. The molecule has 2 aliphatic heterocycles. The van der Waals surface area contributed by atoms with Gasteiger partial charge in [0.05, 0.1) is 12.8 Å². The zero-order chi connectivity index (χ0) is 21.5. The fourth-order valence-electron chi connectivity index (χ4n) is 3.66. The number of aliphatic hydroxyl groups excluding tert-OH is 1. The topological polar surface area (TPSA) is 143 Å². The molecule has 1 saturated heterocycles. The summed E-state index contributed by atoms with van der Waals surface area (Å²) in [5.74, 6) is -0.284. The Morgan fingerprint density at radius 3 is 3.03 bits per heavy atom. The Bertz CT molecular complexity index is 1160. The molecule has 0 radical (unpaired) electrons. The van der Waals surface area contributed by atoms with Crippen molar-refractivity contribution in [3.05, 3.63) is 29.3 Å². The molecule has 31 heavy (non-hydrogen) atoms. The number of rotatable bonds is 0. The number of H-pyrrole nitrogens is 1. The van der Waals surface area contributed by atoms with Crippen LogP contribution in [0.4, 0.5) is 0 Å². The van der Waals surface area contributed by atoms with Crippen molar-refractivity contribution < 1.29 is 19.4 Å². The fourth-order valence-corrected chi connectivity index (χ4v) is 3.66. The van der Waals surface area contributed by atoms with E-state index in [0.717, 1.165) is 5.56 Å². The minimum absolute atomic E-state index is 0.0703. The van der Waals surface area contributed by atoms with Crippen LogP contribution in [0.2, 0.25) is 0 Å². The highest BCUT2D eigenvalue weighted by molar-refractivity contribution is 5.86. The van der Waals surface area contributed by atoms with E-state index in [2.05, 4.69) is 30.6 Å². The maximum absolute atomic E-state index is 12.3. The number of likely N-dealkylation sites (N-methyl/N-ethyl adjacent to an activating group) is 1. The molecule has 1 amide bonds. The van der Waals surface area contributed by atoms with Gasteiger partial charge in [-0.1, -0.05) is 0 Å². The lowest BCUT2D eigenvalue weighted by atomic mass is 10.2. The first-order chi connectivity index (χ1) is 15.0. The Labute approximate surface area is 176 Å². The monoisotopic (exact) mass is 426 g/mol. The molecule has 2 aliphatic rings. The molecule has 2 bridgehead atoms. The number of aryl methyl sites for hydroxylation is 1. The molecule has 3 N–H and O–H groups in total. The van der Waals surface area contributed by atoms with Crippen LogP contribution < -0.4 is 10.1 Å². The van der Waals surface area contributed by atoms with Crippen molar-refractivity contribution in [3.63, 3.8) is 0 Å². The van der Waals surface area contributed by atoms with E-state index in [4.69, 9.17) is 9.47 Å². The number of amides is 1. The zero-order valence-electron chi connectivity index (χ0n) is 17.0. The molecule has 0 aromatic carbocycles. The number of fused-ring (bicyclic) bond motifs is 3. The van der Waals surface area contributed by atoms with Gasteiger partial charge in [-0.15, -0.1) is 0 Å². The minimum atomic E-state index is -0.933. The van der Waals surface area contributed by atoms with Crippen LogP contribution in [0, 0.1) is 0 Å². The number of hydrogen-bond acceptors (Lipinski definition) is 9. The number of carbonyl (C=O) groups excluding carboxylic acids is 1. The lowest BCUT2D eigenvalue weighted by Gasteiger charge is -2.24. The van der Waals surface area contributed by atoms with Crippen LogP contribution in [0.25, 0.3) is 23.2 Å². The van der Waals surface area contributed by atoms with Gasteiger partial charge in [0, 0.05) is 31.9 Å². The van der Waals surface area contributed by atoms with Gasteiger partial charge in [0.1, 0.15) is 28.5 Å². The maximum Gasteiger partial charge on any atom is 0.317 e. The summed E-state index contributed by atoms with van der Waals surface area (Å²) in [5.41, 5.74) is 3.01. The standard InChI is InChI=1S/C19H22N8O4/c1-26-5-6-30-13-8-20-17(28)16(13)31-19-21-7-12-15(22-19)11(23-24-12)4-3-10-9-27(2)25-14(10)18(26)29/h3-4,7,9,13,16,18,29H,5-6,8H2,1-2H3,(H,20,28)(H,23,24)/b4-3+/t13-,16-,18?/m0/s1. The first-order valence-corrected chi connectivity index (χ1v) is 9.86. The Kier molecular flexibility index (Phi) is 4.88. The molecule has 5 rings (SSSR count). The van der Waals surface area contributed by atoms with E-state index in [1.807, 2.05) is 12.3 Å². The van der Waals surface area contributed by atoms with Crippen molar-refractivity contribution in [2.24, 2.45) is 7.05 Å². The summed E-state index contributed by atoms with van der Waals surface area (Å²) in [6.45, 7) is 1.03. The number of nitrogens with one attached hydrogen (secondary N) is 2. The zero-order valence-corrected chi connectivity index (χ0v) is 17.0. The van der Waals surface area contributed by atoms with E-state index in [-0.39, 0.29) is 18.5 Å².